The number of hydrogen-bond donors (Lipinski definition) is 0. The second kappa shape index (κ2) is 6.99. The molecule has 1 unspecified atom stereocenters. The van der Waals surface area contributed by atoms with Gasteiger partial charge in [0.25, 0.3) is 5.91 Å². The standard InChI is InChI=1S/C21H19N3O4/c25-21(14-5-2-1-3-6-14)24-10-4-7-16(12-24)20-23-22-19(28-20)15-8-9-17-18(11-15)27-13-26-17/h1-3,5-6,8-9,11,16H,4,7,10,12-13H2. The Morgan fingerprint density at radius 3 is 2.79 bits per heavy atom. The summed E-state index contributed by atoms with van der Waals surface area (Å²) in [5.41, 5.74) is 1.49. The molecule has 2 aromatic carbocycles. The molecule has 142 valence electrons. The van der Waals surface area contributed by atoms with Crippen LogP contribution in [0.15, 0.2) is 52.9 Å². The van der Waals surface area contributed by atoms with E-state index in [-0.39, 0.29) is 18.6 Å². The summed E-state index contributed by atoms with van der Waals surface area (Å²) >= 11 is 0. The van der Waals surface area contributed by atoms with E-state index in [1.807, 2.05) is 53.4 Å². The molecule has 3 aromatic rings. The fourth-order valence-electron chi connectivity index (χ4n) is 3.67. The zero-order valence-electron chi connectivity index (χ0n) is 15.2. The van der Waals surface area contributed by atoms with Gasteiger partial charge >= 0.3 is 0 Å². The molecule has 0 radical (unpaired) electrons. The van der Waals surface area contributed by atoms with Crippen LogP contribution in [0.25, 0.3) is 11.5 Å². The Morgan fingerprint density at radius 1 is 1.04 bits per heavy atom. The van der Waals surface area contributed by atoms with Crippen molar-refractivity contribution in [3.05, 3.63) is 60.0 Å². The van der Waals surface area contributed by atoms with Gasteiger partial charge in [-0.05, 0) is 43.2 Å². The summed E-state index contributed by atoms with van der Waals surface area (Å²) in [7, 11) is 0. The van der Waals surface area contributed by atoms with Crippen LogP contribution in [0.4, 0.5) is 0 Å². The third kappa shape index (κ3) is 3.09. The minimum atomic E-state index is 0.0386. The Labute approximate surface area is 161 Å². The van der Waals surface area contributed by atoms with Crippen LogP contribution >= 0.6 is 0 Å². The lowest BCUT2D eigenvalue weighted by molar-refractivity contribution is 0.0698. The number of aromatic nitrogens is 2. The fraction of sp³-hybridized carbons (Fsp3) is 0.286. The summed E-state index contributed by atoms with van der Waals surface area (Å²) < 4.78 is 16.7. The number of amides is 1. The van der Waals surface area contributed by atoms with Crippen molar-refractivity contribution in [2.24, 2.45) is 0 Å². The number of benzene rings is 2. The van der Waals surface area contributed by atoms with Crippen molar-refractivity contribution < 1.29 is 18.7 Å². The molecular formula is C21H19N3O4. The van der Waals surface area contributed by atoms with E-state index >= 15 is 0 Å². The first-order valence-electron chi connectivity index (χ1n) is 9.36. The maximum absolute atomic E-state index is 12.7. The van der Waals surface area contributed by atoms with E-state index < -0.39 is 0 Å². The number of rotatable bonds is 3. The van der Waals surface area contributed by atoms with E-state index in [1.165, 1.54) is 0 Å². The van der Waals surface area contributed by atoms with Crippen molar-refractivity contribution in [3.8, 4) is 23.0 Å². The lowest BCUT2D eigenvalue weighted by Crippen LogP contribution is -2.39. The minimum Gasteiger partial charge on any atom is -0.454 e. The third-order valence-electron chi connectivity index (χ3n) is 5.14. The van der Waals surface area contributed by atoms with Crippen molar-refractivity contribution >= 4 is 5.91 Å². The van der Waals surface area contributed by atoms with Gasteiger partial charge in [-0.2, -0.15) is 0 Å². The van der Waals surface area contributed by atoms with Crippen molar-refractivity contribution in [2.75, 3.05) is 19.9 Å². The maximum atomic E-state index is 12.7. The molecule has 1 saturated heterocycles. The van der Waals surface area contributed by atoms with E-state index in [4.69, 9.17) is 13.9 Å². The van der Waals surface area contributed by atoms with Gasteiger partial charge in [-0.15, -0.1) is 10.2 Å². The molecule has 28 heavy (non-hydrogen) atoms. The number of carbonyl (C=O) groups is 1. The van der Waals surface area contributed by atoms with E-state index in [2.05, 4.69) is 10.2 Å². The predicted molar refractivity (Wildman–Crippen MR) is 100 cm³/mol. The quantitative estimate of drug-likeness (QED) is 0.695. The highest BCUT2D eigenvalue weighted by molar-refractivity contribution is 5.94. The highest BCUT2D eigenvalue weighted by atomic mass is 16.7. The fourth-order valence-corrected chi connectivity index (χ4v) is 3.67. The predicted octanol–water partition coefficient (Wildman–Crippen LogP) is 3.49. The van der Waals surface area contributed by atoms with Crippen LogP contribution < -0.4 is 9.47 Å². The Morgan fingerprint density at radius 2 is 1.89 bits per heavy atom. The first-order valence-corrected chi connectivity index (χ1v) is 9.36. The maximum Gasteiger partial charge on any atom is 0.253 e. The van der Waals surface area contributed by atoms with Crippen LogP contribution in [-0.4, -0.2) is 40.9 Å². The monoisotopic (exact) mass is 377 g/mol. The van der Waals surface area contributed by atoms with E-state index in [0.717, 1.165) is 24.9 Å². The lowest BCUT2D eigenvalue weighted by Gasteiger charge is -2.31. The Balaban J connectivity index is 1.33. The Kier molecular flexibility index (Phi) is 4.20. The van der Waals surface area contributed by atoms with Gasteiger partial charge in [0.05, 0.1) is 5.92 Å². The van der Waals surface area contributed by atoms with Gasteiger partial charge in [-0.1, -0.05) is 18.2 Å². The van der Waals surface area contributed by atoms with Crippen LogP contribution in [-0.2, 0) is 0 Å². The smallest absolute Gasteiger partial charge is 0.253 e. The van der Waals surface area contributed by atoms with Gasteiger partial charge in [-0.25, -0.2) is 0 Å². The number of likely N-dealkylation sites (tertiary alicyclic amines) is 1. The topological polar surface area (TPSA) is 77.7 Å². The van der Waals surface area contributed by atoms with Crippen LogP contribution in [0.2, 0.25) is 0 Å². The number of nitrogens with zero attached hydrogens (tertiary/aromatic N) is 3. The molecule has 3 heterocycles. The van der Waals surface area contributed by atoms with Crippen LogP contribution in [0.5, 0.6) is 11.5 Å². The van der Waals surface area contributed by atoms with Crippen molar-refractivity contribution in [1.82, 2.24) is 15.1 Å². The van der Waals surface area contributed by atoms with Gasteiger partial charge < -0.3 is 18.8 Å². The van der Waals surface area contributed by atoms with Crippen LogP contribution in [0.3, 0.4) is 0 Å². The first kappa shape index (κ1) is 16.8. The number of carbonyl (C=O) groups excluding carboxylic acids is 1. The molecule has 0 saturated carbocycles. The van der Waals surface area contributed by atoms with Crippen molar-refractivity contribution in [1.29, 1.82) is 0 Å². The highest BCUT2D eigenvalue weighted by Crippen LogP contribution is 2.36. The zero-order valence-corrected chi connectivity index (χ0v) is 15.2. The Hall–Kier alpha value is -3.35. The summed E-state index contributed by atoms with van der Waals surface area (Å²) in [5, 5.41) is 8.45. The summed E-state index contributed by atoms with van der Waals surface area (Å²) in [4.78, 5) is 14.6. The van der Waals surface area contributed by atoms with Gasteiger partial charge in [-0.3, -0.25) is 4.79 Å². The molecule has 0 N–H and O–H groups in total. The molecular weight excluding hydrogens is 358 g/mol. The average molecular weight is 377 g/mol. The van der Waals surface area contributed by atoms with Gasteiger partial charge in [0.2, 0.25) is 18.6 Å². The second-order valence-electron chi connectivity index (χ2n) is 6.97. The number of fused-ring (bicyclic) bond motifs is 1. The summed E-state index contributed by atoms with van der Waals surface area (Å²) in [6.45, 7) is 1.55. The summed E-state index contributed by atoms with van der Waals surface area (Å²) in [6.07, 6.45) is 1.83. The zero-order chi connectivity index (χ0) is 18.9. The summed E-state index contributed by atoms with van der Waals surface area (Å²) in [5.74, 6) is 2.48. The summed E-state index contributed by atoms with van der Waals surface area (Å²) in [6, 6.07) is 14.9. The van der Waals surface area contributed by atoms with Gasteiger partial charge in [0, 0.05) is 24.2 Å². The number of hydrogen-bond acceptors (Lipinski definition) is 6. The van der Waals surface area contributed by atoms with E-state index in [1.54, 1.807) is 0 Å². The molecule has 1 amide bonds. The molecule has 7 nitrogen and oxygen atoms in total. The number of piperidine rings is 1. The molecule has 1 fully saturated rings. The highest BCUT2D eigenvalue weighted by Gasteiger charge is 2.29. The van der Waals surface area contributed by atoms with Gasteiger partial charge in [0.1, 0.15) is 0 Å². The van der Waals surface area contributed by atoms with Crippen molar-refractivity contribution in [3.63, 3.8) is 0 Å². The molecule has 5 rings (SSSR count). The average Bonchev–Trinajstić information content (AvgIpc) is 3.43. The molecule has 1 aromatic heterocycles. The van der Waals surface area contributed by atoms with Gasteiger partial charge in [0.15, 0.2) is 11.5 Å². The molecule has 7 heteroatoms. The molecule has 2 aliphatic heterocycles. The number of ether oxygens (including phenoxy) is 2. The molecule has 2 aliphatic rings. The molecule has 1 atom stereocenters. The first-order chi connectivity index (χ1) is 13.8. The lowest BCUT2D eigenvalue weighted by atomic mass is 9.97. The molecule has 0 spiro atoms. The SMILES string of the molecule is O=C(c1ccccc1)N1CCCC(c2nnc(-c3ccc4c(c3)OCO4)o2)C1. The third-order valence-corrected chi connectivity index (χ3v) is 5.14. The Bertz CT molecular complexity index is 1000. The van der Waals surface area contributed by atoms with E-state index in [9.17, 15) is 4.79 Å². The normalized spacial score (nSPS) is 18.3. The van der Waals surface area contributed by atoms with E-state index in [0.29, 0.717) is 35.4 Å². The molecule has 0 bridgehead atoms. The molecule has 0 aliphatic carbocycles. The van der Waals surface area contributed by atoms with Crippen LogP contribution in [0, 0.1) is 0 Å². The minimum absolute atomic E-state index is 0.0386. The largest absolute Gasteiger partial charge is 0.454 e. The van der Waals surface area contributed by atoms with Crippen molar-refractivity contribution in [2.45, 2.75) is 18.8 Å². The second-order valence-corrected chi connectivity index (χ2v) is 6.97. The van der Waals surface area contributed by atoms with Crippen LogP contribution in [0.1, 0.15) is 35.0 Å².